The van der Waals surface area contributed by atoms with E-state index in [1.54, 1.807) is 12.1 Å². The monoisotopic (exact) mass is 339 g/mol. The van der Waals surface area contributed by atoms with E-state index < -0.39 is 0 Å². The predicted octanol–water partition coefficient (Wildman–Crippen LogP) is 3.64. The lowest BCUT2D eigenvalue weighted by Gasteiger charge is -2.11. The summed E-state index contributed by atoms with van der Waals surface area (Å²) >= 11 is 7.18. The molecular weight excluding hydrogens is 322 g/mol. The van der Waals surface area contributed by atoms with Gasteiger partial charge in [-0.25, -0.2) is 0 Å². The second-order valence-corrected chi connectivity index (χ2v) is 7.01. The van der Waals surface area contributed by atoms with Crippen LogP contribution in [0.1, 0.15) is 20.8 Å². The molecule has 22 heavy (non-hydrogen) atoms. The number of benzene rings is 1. The number of hydrogen-bond donors (Lipinski definition) is 1. The maximum absolute atomic E-state index is 11.9. The van der Waals surface area contributed by atoms with E-state index in [1.165, 1.54) is 11.8 Å². The molecule has 2 rings (SSSR count). The number of nitrogens with one attached hydrogen (secondary N) is 1. The highest BCUT2D eigenvalue weighted by Crippen LogP contribution is 2.27. The number of nitrogens with zero attached hydrogens (tertiary/aromatic N) is 2. The van der Waals surface area contributed by atoms with Crippen molar-refractivity contribution < 1.29 is 9.21 Å². The normalized spacial score (nSPS) is 12.4. The fourth-order valence-corrected chi connectivity index (χ4v) is 2.55. The zero-order valence-corrected chi connectivity index (χ0v) is 14.2. The Morgan fingerprint density at radius 1 is 1.36 bits per heavy atom. The Hall–Kier alpha value is -1.53. The maximum Gasteiger partial charge on any atom is 0.277 e. The molecule has 1 atom stereocenters. The molecule has 7 heteroatoms. The fraction of sp³-hybridized carbons (Fsp3) is 0.400. The number of amides is 1. The van der Waals surface area contributed by atoms with E-state index in [0.717, 1.165) is 5.56 Å². The lowest BCUT2D eigenvalue weighted by Crippen LogP contribution is -2.33. The first-order chi connectivity index (χ1) is 10.5. The van der Waals surface area contributed by atoms with Gasteiger partial charge >= 0.3 is 0 Å². The van der Waals surface area contributed by atoms with E-state index in [1.807, 2.05) is 32.9 Å². The lowest BCUT2D eigenvalue weighted by molar-refractivity contribution is -0.120. The fourth-order valence-electron chi connectivity index (χ4n) is 1.65. The highest BCUT2D eigenvalue weighted by molar-refractivity contribution is 8.00. The Labute approximate surface area is 138 Å². The Morgan fingerprint density at radius 3 is 2.82 bits per heavy atom. The first kappa shape index (κ1) is 16.8. The van der Waals surface area contributed by atoms with Crippen LogP contribution in [0.5, 0.6) is 0 Å². The highest BCUT2D eigenvalue weighted by atomic mass is 35.5. The molecule has 1 heterocycles. The van der Waals surface area contributed by atoms with Gasteiger partial charge in [-0.05, 0) is 31.0 Å². The van der Waals surface area contributed by atoms with Gasteiger partial charge in [0.2, 0.25) is 11.8 Å². The van der Waals surface area contributed by atoms with Gasteiger partial charge in [0.25, 0.3) is 5.22 Å². The smallest absolute Gasteiger partial charge is 0.277 e. The summed E-state index contributed by atoms with van der Waals surface area (Å²) in [5.41, 5.74) is 0.753. The van der Waals surface area contributed by atoms with Gasteiger partial charge in [-0.2, -0.15) is 0 Å². The Kier molecular flexibility index (Phi) is 5.85. The van der Waals surface area contributed by atoms with Crippen molar-refractivity contribution >= 4 is 29.3 Å². The summed E-state index contributed by atoms with van der Waals surface area (Å²) in [5, 5.41) is 11.5. The minimum absolute atomic E-state index is 0.0406. The third-order valence-corrected chi connectivity index (χ3v) is 3.98. The zero-order valence-electron chi connectivity index (χ0n) is 12.7. The number of rotatable bonds is 6. The van der Waals surface area contributed by atoms with Gasteiger partial charge in [0.05, 0.1) is 5.25 Å². The van der Waals surface area contributed by atoms with Gasteiger partial charge < -0.3 is 9.73 Å². The van der Waals surface area contributed by atoms with Crippen LogP contribution in [0.2, 0.25) is 5.02 Å². The molecule has 0 aliphatic rings. The van der Waals surface area contributed by atoms with E-state index in [0.29, 0.717) is 28.6 Å². The van der Waals surface area contributed by atoms with Gasteiger partial charge in [-0.15, -0.1) is 10.2 Å². The number of aromatic nitrogens is 2. The molecular formula is C15H18ClN3O2S. The predicted molar refractivity (Wildman–Crippen MR) is 87.9 cm³/mol. The second kappa shape index (κ2) is 7.65. The van der Waals surface area contributed by atoms with Crippen molar-refractivity contribution in [2.24, 2.45) is 5.92 Å². The molecule has 0 aliphatic heterocycles. The number of halogens is 1. The third kappa shape index (κ3) is 4.74. The van der Waals surface area contributed by atoms with Crippen LogP contribution in [0.4, 0.5) is 0 Å². The van der Waals surface area contributed by atoms with E-state index in [-0.39, 0.29) is 11.2 Å². The Morgan fingerprint density at radius 2 is 2.14 bits per heavy atom. The molecule has 0 radical (unpaired) electrons. The number of hydrogen-bond acceptors (Lipinski definition) is 5. The zero-order chi connectivity index (χ0) is 16.1. The topological polar surface area (TPSA) is 68.0 Å². The standard InChI is InChI=1S/C15H18ClN3O2S/c1-9(2)8-17-13(20)10(3)22-15-19-18-14(21-15)11-5-4-6-12(16)7-11/h4-7,9-10H,8H2,1-3H3,(H,17,20)/t10-/m1/s1. The van der Waals surface area contributed by atoms with Crippen LogP contribution in [0.3, 0.4) is 0 Å². The molecule has 0 bridgehead atoms. The summed E-state index contributed by atoms with van der Waals surface area (Å²) in [7, 11) is 0. The molecule has 0 fully saturated rings. The van der Waals surface area contributed by atoms with Gasteiger partial charge in [0.1, 0.15) is 0 Å². The molecule has 0 spiro atoms. The van der Waals surface area contributed by atoms with Crippen LogP contribution >= 0.6 is 23.4 Å². The van der Waals surface area contributed by atoms with Crippen molar-refractivity contribution in [1.29, 1.82) is 0 Å². The molecule has 5 nitrogen and oxygen atoms in total. The van der Waals surface area contributed by atoms with Crippen LogP contribution in [0.25, 0.3) is 11.5 Å². The molecule has 1 aromatic heterocycles. The molecule has 1 N–H and O–H groups in total. The second-order valence-electron chi connectivity index (χ2n) is 5.28. The van der Waals surface area contributed by atoms with Crippen LogP contribution in [0.15, 0.2) is 33.9 Å². The van der Waals surface area contributed by atoms with Gasteiger partial charge in [-0.3, -0.25) is 4.79 Å². The van der Waals surface area contributed by atoms with Crippen LogP contribution in [0, 0.1) is 5.92 Å². The summed E-state index contributed by atoms with van der Waals surface area (Å²) in [5.74, 6) is 0.764. The summed E-state index contributed by atoms with van der Waals surface area (Å²) in [6, 6.07) is 7.18. The van der Waals surface area contributed by atoms with E-state index in [2.05, 4.69) is 15.5 Å². The van der Waals surface area contributed by atoms with E-state index >= 15 is 0 Å². The summed E-state index contributed by atoms with van der Waals surface area (Å²) in [4.78, 5) is 11.9. The first-order valence-corrected chi connectivity index (χ1v) is 8.25. The number of carbonyl (C=O) groups excluding carboxylic acids is 1. The summed E-state index contributed by atoms with van der Waals surface area (Å²) in [6.07, 6.45) is 0. The molecule has 0 aliphatic carbocycles. The van der Waals surface area contributed by atoms with Gasteiger partial charge in [0, 0.05) is 17.1 Å². The van der Waals surface area contributed by atoms with Crippen molar-refractivity contribution in [3.05, 3.63) is 29.3 Å². The van der Waals surface area contributed by atoms with Gasteiger partial charge in [0.15, 0.2) is 0 Å². The van der Waals surface area contributed by atoms with E-state index in [9.17, 15) is 4.79 Å². The van der Waals surface area contributed by atoms with Crippen molar-refractivity contribution in [2.75, 3.05) is 6.54 Å². The molecule has 2 aromatic rings. The van der Waals surface area contributed by atoms with Crippen molar-refractivity contribution in [1.82, 2.24) is 15.5 Å². The van der Waals surface area contributed by atoms with Crippen LogP contribution < -0.4 is 5.32 Å². The molecule has 1 amide bonds. The molecule has 0 saturated carbocycles. The molecule has 118 valence electrons. The van der Waals surface area contributed by atoms with Crippen molar-refractivity contribution in [3.8, 4) is 11.5 Å². The largest absolute Gasteiger partial charge is 0.411 e. The van der Waals surface area contributed by atoms with E-state index in [4.69, 9.17) is 16.0 Å². The van der Waals surface area contributed by atoms with Crippen LogP contribution in [-0.4, -0.2) is 27.9 Å². The molecule has 0 unspecified atom stereocenters. The summed E-state index contributed by atoms with van der Waals surface area (Å²) < 4.78 is 5.57. The summed E-state index contributed by atoms with van der Waals surface area (Å²) in [6.45, 7) is 6.56. The van der Waals surface area contributed by atoms with Gasteiger partial charge in [-0.1, -0.05) is 43.3 Å². The van der Waals surface area contributed by atoms with Crippen molar-refractivity contribution in [2.45, 2.75) is 31.2 Å². The lowest BCUT2D eigenvalue weighted by atomic mass is 10.2. The average molecular weight is 340 g/mol. The minimum Gasteiger partial charge on any atom is -0.411 e. The SMILES string of the molecule is CC(C)CNC(=O)[C@@H](C)Sc1nnc(-c2cccc(Cl)c2)o1. The number of carbonyl (C=O) groups is 1. The molecule has 0 saturated heterocycles. The maximum atomic E-state index is 11.9. The minimum atomic E-state index is -0.300. The first-order valence-electron chi connectivity index (χ1n) is 6.99. The average Bonchev–Trinajstić information content (AvgIpc) is 2.93. The third-order valence-electron chi connectivity index (χ3n) is 2.81. The Balaban J connectivity index is 1.98. The highest BCUT2D eigenvalue weighted by Gasteiger charge is 2.18. The quantitative estimate of drug-likeness (QED) is 0.814. The Bertz CT molecular complexity index is 645. The van der Waals surface area contributed by atoms with Crippen molar-refractivity contribution in [3.63, 3.8) is 0 Å². The number of thioether (sulfide) groups is 1. The molecule has 1 aromatic carbocycles. The van der Waals surface area contributed by atoms with Crippen LogP contribution in [-0.2, 0) is 4.79 Å².